The van der Waals surface area contributed by atoms with Gasteiger partial charge >= 0.3 is 0 Å². The molecule has 4 nitrogen and oxygen atoms in total. The van der Waals surface area contributed by atoms with Crippen LogP contribution in [-0.4, -0.2) is 20.1 Å². The minimum Gasteiger partial charge on any atom is -0.390 e. The molecule has 1 heterocycles. The predicted octanol–water partition coefficient (Wildman–Crippen LogP) is 1.70. The zero-order valence-corrected chi connectivity index (χ0v) is 8.22. The van der Waals surface area contributed by atoms with Crippen molar-refractivity contribution < 1.29 is 13.9 Å². The maximum absolute atomic E-state index is 12.3. The van der Waals surface area contributed by atoms with Gasteiger partial charge in [0.15, 0.2) is 0 Å². The van der Waals surface area contributed by atoms with Gasteiger partial charge in [0.05, 0.1) is 18.5 Å². The van der Waals surface area contributed by atoms with Crippen LogP contribution < -0.4 is 0 Å². The lowest BCUT2D eigenvalue weighted by molar-refractivity contribution is 0.151. The van der Waals surface area contributed by atoms with Crippen LogP contribution >= 0.6 is 0 Å². The molecule has 0 radical (unpaired) electrons. The molecular weight excluding hydrogens is 216 g/mol. The topological polar surface area (TPSA) is 50.9 Å². The van der Waals surface area contributed by atoms with Gasteiger partial charge in [-0.3, -0.25) is 0 Å². The lowest BCUT2D eigenvalue weighted by Gasteiger charge is -2.02. The van der Waals surface area contributed by atoms with Gasteiger partial charge in [0.2, 0.25) is 0 Å². The quantitative estimate of drug-likeness (QED) is 0.864. The van der Waals surface area contributed by atoms with Crippen LogP contribution in [0, 0.1) is 0 Å². The van der Waals surface area contributed by atoms with E-state index in [1.165, 1.54) is 35.1 Å². The van der Waals surface area contributed by atoms with Crippen molar-refractivity contribution >= 4 is 0 Å². The first-order chi connectivity index (χ1) is 7.70. The number of hydrogen-bond donors (Lipinski definition) is 1. The number of aliphatic hydroxyl groups is 1. The molecule has 84 valence electrons. The molecule has 1 aromatic heterocycles. The normalized spacial score (nSPS) is 11.0. The lowest BCUT2D eigenvalue weighted by atomic mass is 10.2. The van der Waals surface area contributed by atoms with Crippen LogP contribution in [0.25, 0.3) is 5.69 Å². The van der Waals surface area contributed by atoms with Gasteiger partial charge in [-0.1, -0.05) is 17.3 Å². The minimum absolute atomic E-state index is 0.0359. The van der Waals surface area contributed by atoms with E-state index in [-0.39, 0.29) is 12.2 Å². The first kappa shape index (κ1) is 10.7. The smallest absolute Gasteiger partial charge is 0.263 e. The Morgan fingerprint density at radius 1 is 1.25 bits per heavy atom. The second-order valence-corrected chi connectivity index (χ2v) is 3.20. The summed E-state index contributed by atoms with van der Waals surface area (Å²) in [7, 11) is 0. The third kappa shape index (κ3) is 2.06. The zero-order chi connectivity index (χ0) is 11.5. The van der Waals surface area contributed by atoms with Gasteiger partial charge in [0.1, 0.15) is 5.69 Å². The predicted molar refractivity (Wildman–Crippen MR) is 52.2 cm³/mol. The number of nitrogens with zero attached hydrogens (tertiary/aromatic N) is 3. The number of alkyl halides is 2. The van der Waals surface area contributed by atoms with E-state index >= 15 is 0 Å². The zero-order valence-electron chi connectivity index (χ0n) is 8.22. The molecule has 2 aromatic rings. The number of benzene rings is 1. The van der Waals surface area contributed by atoms with Gasteiger partial charge in [-0.15, -0.1) is 5.10 Å². The summed E-state index contributed by atoms with van der Waals surface area (Å²) in [6.07, 6.45) is -0.935. The van der Waals surface area contributed by atoms with E-state index in [0.29, 0.717) is 11.4 Å². The average Bonchev–Trinajstić information content (AvgIpc) is 2.77. The standard InChI is InChI=1S/C10H9F2N3O/c11-10(12)7-1-3-9(4-2-7)15-5-8(6-16)13-14-15/h1-5,10,16H,6H2. The highest BCUT2D eigenvalue weighted by atomic mass is 19.3. The molecule has 0 atom stereocenters. The van der Waals surface area contributed by atoms with E-state index in [1.54, 1.807) is 0 Å². The molecule has 1 aromatic carbocycles. The highest BCUT2D eigenvalue weighted by Gasteiger charge is 2.07. The molecule has 0 amide bonds. The molecule has 0 aliphatic heterocycles. The van der Waals surface area contributed by atoms with Crippen LogP contribution in [0.15, 0.2) is 30.5 Å². The SMILES string of the molecule is OCc1cn(-c2ccc(C(F)F)cc2)nn1. The number of aromatic nitrogens is 3. The number of aliphatic hydroxyl groups excluding tert-OH is 1. The van der Waals surface area contributed by atoms with Crippen LogP contribution in [0.3, 0.4) is 0 Å². The summed E-state index contributed by atoms with van der Waals surface area (Å²) in [6.45, 7) is -0.199. The van der Waals surface area contributed by atoms with Crippen molar-refractivity contribution in [3.8, 4) is 5.69 Å². The van der Waals surface area contributed by atoms with E-state index in [1.807, 2.05) is 0 Å². The second kappa shape index (κ2) is 4.36. The van der Waals surface area contributed by atoms with Crippen molar-refractivity contribution in [1.82, 2.24) is 15.0 Å². The maximum atomic E-state index is 12.3. The molecule has 0 saturated heterocycles. The van der Waals surface area contributed by atoms with Gasteiger partial charge in [0, 0.05) is 5.56 Å². The van der Waals surface area contributed by atoms with E-state index in [9.17, 15) is 8.78 Å². The Bertz CT molecular complexity index is 467. The fourth-order valence-electron chi connectivity index (χ4n) is 1.27. The van der Waals surface area contributed by atoms with Crippen molar-refractivity contribution in [3.63, 3.8) is 0 Å². The maximum Gasteiger partial charge on any atom is 0.263 e. The molecule has 1 N–H and O–H groups in total. The fourth-order valence-corrected chi connectivity index (χ4v) is 1.27. The summed E-state index contributed by atoms with van der Waals surface area (Å²) in [5, 5.41) is 16.2. The molecular formula is C10H9F2N3O. The van der Waals surface area contributed by atoms with Gasteiger partial charge in [-0.25, -0.2) is 13.5 Å². The van der Waals surface area contributed by atoms with Crippen LogP contribution in [0.5, 0.6) is 0 Å². The molecule has 2 rings (SSSR count). The molecule has 6 heteroatoms. The van der Waals surface area contributed by atoms with E-state index in [0.717, 1.165) is 0 Å². The van der Waals surface area contributed by atoms with Gasteiger partial charge in [0.25, 0.3) is 6.43 Å². The van der Waals surface area contributed by atoms with Gasteiger partial charge in [-0.05, 0) is 12.1 Å². The van der Waals surface area contributed by atoms with Crippen LogP contribution in [0.2, 0.25) is 0 Å². The first-order valence-corrected chi connectivity index (χ1v) is 4.61. The van der Waals surface area contributed by atoms with Crippen molar-refractivity contribution in [1.29, 1.82) is 0 Å². The second-order valence-electron chi connectivity index (χ2n) is 3.20. The Morgan fingerprint density at radius 3 is 2.44 bits per heavy atom. The molecule has 0 bridgehead atoms. The molecule has 0 aliphatic rings. The van der Waals surface area contributed by atoms with Crippen molar-refractivity contribution in [2.75, 3.05) is 0 Å². The van der Waals surface area contributed by atoms with Crippen LogP contribution in [0.4, 0.5) is 8.78 Å². The highest BCUT2D eigenvalue weighted by Crippen LogP contribution is 2.19. The van der Waals surface area contributed by atoms with Crippen molar-refractivity contribution in [2.45, 2.75) is 13.0 Å². The summed E-state index contributed by atoms with van der Waals surface area (Å²) in [5.74, 6) is 0. The molecule has 0 fully saturated rings. The van der Waals surface area contributed by atoms with Crippen LogP contribution in [0.1, 0.15) is 17.7 Å². The van der Waals surface area contributed by atoms with Gasteiger partial charge < -0.3 is 5.11 Å². The monoisotopic (exact) mass is 225 g/mol. The summed E-state index contributed by atoms with van der Waals surface area (Å²) in [6, 6.07) is 5.72. The van der Waals surface area contributed by atoms with E-state index in [2.05, 4.69) is 10.3 Å². The minimum atomic E-state index is -2.47. The van der Waals surface area contributed by atoms with E-state index < -0.39 is 6.43 Å². The number of rotatable bonds is 3. The number of hydrogen-bond acceptors (Lipinski definition) is 3. The van der Waals surface area contributed by atoms with Crippen molar-refractivity contribution in [3.05, 3.63) is 41.7 Å². The van der Waals surface area contributed by atoms with Gasteiger partial charge in [-0.2, -0.15) is 0 Å². The summed E-state index contributed by atoms with van der Waals surface area (Å²) >= 11 is 0. The van der Waals surface area contributed by atoms with E-state index in [4.69, 9.17) is 5.11 Å². The molecule has 0 spiro atoms. The Balaban J connectivity index is 2.27. The van der Waals surface area contributed by atoms with Crippen molar-refractivity contribution in [2.24, 2.45) is 0 Å². The lowest BCUT2D eigenvalue weighted by Crippen LogP contribution is -1.95. The molecule has 0 unspecified atom stereocenters. The first-order valence-electron chi connectivity index (χ1n) is 4.61. The molecule has 0 saturated carbocycles. The Kier molecular flexibility index (Phi) is 2.91. The average molecular weight is 225 g/mol. The molecule has 16 heavy (non-hydrogen) atoms. The fraction of sp³-hybridized carbons (Fsp3) is 0.200. The Labute approximate surface area is 90.1 Å². The van der Waals surface area contributed by atoms with Crippen LogP contribution in [-0.2, 0) is 6.61 Å². The Hall–Kier alpha value is -1.82. The summed E-state index contributed by atoms with van der Waals surface area (Å²) in [4.78, 5) is 0. The molecule has 0 aliphatic carbocycles. The highest BCUT2D eigenvalue weighted by molar-refractivity contribution is 5.34. The third-order valence-electron chi connectivity index (χ3n) is 2.11. The Morgan fingerprint density at radius 2 is 1.94 bits per heavy atom. The third-order valence-corrected chi connectivity index (χ3v) is 2.11. The summed E-state index contributed by atoms with van der Waals surface area (Å²) < 4.78 is 26.0. The summed E-state index contributed by atoms with van der Waals surface area (Å²) in [5.41, 5.74) is 1.01. The number of halogens is 2. The largest absolute Gasteiger partial charge is 0.390 e.